The smallest absolute Gasteiger partial charge is 0.336 e. The van der Waals surface area contributed by atoms with Gasteiger partial charge in [-0.05, 0) is 50.3 Å². The van der Waals surface area contributed by atoms with Crippen LogP contribution in [0.2, 0.25) is 5.02 Å². The van der Waals surface area contributed by atoms with Gasteiger partial charge in [-0.1, -0.05) is 60.1 Å². The van der Waals surface area contributed by atoms with Gasteiger partial charge in [0.25, 0.3) is 0 Å². The zero-order valence-electron chi connectivity index (χ0n) is 18.6. The molecule has 168 valence electrons. The summed E-state index contributed by atoms with van der Waals surface area (Å²) < 4.78 is 10.5. The highest BCUT2D eigenvalue weighted by Gasteiger charge is 2.39. The summed E-state index contributed by atoms with van der Waals surface area (Å²) in [4.78, 5) is 25.9. The highest BCUT2D eigenvalue weighted by atomic mass is 35.5. The van der Waals surface area contributed by atoms with E-state index in [-0.39, 0.29) is 6.61 Å². The fraction of sp³-hybridized carbons (Fsp3) is 0.308. The first-order valence-corrected chi connectivity index (χ1v) is 11.1. The summed E-state index contributed by atoms with van der Waals surface area (Å²) in [6.45, 7) is 3.80. The molecule has 2 aromatic carbocycles. The van der Waals surface area contributed by atoms with Crippen LogP contribution in [-0.4, -0.2) is 25.7 Å². The molecule has 0 spiro atoms. The molecule has 1 atom stereocenters. The van der Waals surface area contributed by atoms with E-state index in [1.165, 1.54) is 12.7 Å². The van der Waals surface area contributed by atoms with Gasteiger partial charge in [-0.2, -0.15) is 0 Å². The molecule has 0 saturated heterocycles. The molecule has 6 heteroatoms. The molecule has 0 radical (unpaired) electrons. The first kappa shape index (κ1) is 23.6. The minimum atomic E-state index is -0.678. The van der Waals surface area contributed by atoms with Crippen LogP contribution in [0.1, 0.15) is 43.7 Å². The Kier molecular flexibility index (Phi) is 8.12. The van der Waals surface area contributed by atoms with Gasteiger partial charge in [-0.15, -0.1) is 0 Å². The van der Waals surface area contributed by atoms with Gasteiger partial charge >= 0.3 is 11.9 Å². The van der Waals surface area contributed by atoms with Crippen LogP contribution in [0.3, 0.4) is 0 Å². The molecular weight excluding hydrogens is 426 g/mol. The second-order valence-electron chi connectivity index (χ2n) is 7.56. The molecule has 32 heavy (non-hydrogen) atoms. The van der Waals surface area contributed by atoms with Gasteiger partial charge in [0.05, 0.1) is 30.8 Å². The third-order valence-electron chi connectivity index (χ3n) is 5.50. The normalized spacial score (nSPS) is 15.9. The lowest BCUT2D eigenvalue weighted by molar-refractivity contribution is -0.139. The Hall–Kier alpha value is -3.05. The van der Waals surface area contributed by atoms with Crippen molar-refractivity contribution >= 4 is 23.5 Å². The summed E-state index contributed by atoms with van der Waals surface area (Å²) in [5.41, 5.74) is 4.04. The van der Waals surface area contributed by atoms with E-state index in [4.69, 9.17) is 21.1 Å². The van der Waals surface area contributed by atoms with Crippen LogP contribution in [0.15, 0.2) is 77.1 Å². The van der Waals surface area contributed by atoms with Crippen molar-refractivity contribution in [2.24, 2.45) is 0 Å². The number of dihydropyridines is 1. The molecule has 0 amide bonds. The lowest BCUT2D eigenvalue weighted by Crippen LogP contribution is -2.33. The van der Waals surface area contributed by atoms with E-state index in [0.717, 1.165) is 18.5 Å². The van der Waals surface area contributed by atoms with Crippen LogP contribution < -0.4 is 5.32 Å². The Morgan fingerprint density at radius 3 is 2.31 bits per heavy atom. The van der Waals surface area contributed by atoms with Crippen molar-refractivity contribution in [3.63, 3.8) is 0 Å². The summed E-state index contributed by atoms with van der Waals surface area (Å²) in [5, 5.41) is 3.76. The number of carbonyl (C=O) groups is 2. The number of hydrogen-bond acceptors (Lipinski definition) is 5. The van der Waals surface area contributed by atoms with E-state index in [2.05, 4.69) is 17.4 Å². The highest BCUT2D eigenvalue weighted by Crippen LogP contribution is 2.42. The Bertz CT molecular complexity index is 1040. The summed E-state index contributed by atoms with van der Waals surface area (Å²) in [7, 11) is 1.33. The van der Waals surface area contributed by atoms with Gasteiger partial charge in [0.15, 0.2) is 0 Å². The monoisotopic (exact) mass is 453 g/mol. The Labute approximate surface area is 194 Å². The van der Waals surface area contributed by atoms with Crippen molar-refractivity contribution in [2.75, 3.05) is 13.7 Å². The molecule has 1 aliphatic rings. The number of halogens is 1. The first-order valence-electron chi connectivity index (χ1n) is 10.7. The van der Waals surface area contributed by atoms with Gasteiger partial charge in [0, 0.05) is 16.4 Å². The third-order valence-corrected chi connectivity index (χ3v) is 5.84. The number of allylic oxidation sites excluding steroid dienone is 2. The summed E-state index contributed by atoms with van der Waals surface area (Å²) in [5.74, 6) is -1.65. The number of esters is 2. The predicted octanol–water partition coefficient (Wildman–Crippen LogP) is 5.31. The number of ether oxygens (including phenoxy) is 2. The minimum absolute atomic E-state index is 0.227. The zero-order chi connectivity index (χ0) is 23.1. The van der Waals surface area contributed by atoms with Crippen molar-refractivity contribution in [1.82, 2.24) is 5.32 Å². The van der Waals surface area contributed by atoms with E-state index in [0.29, 0.717) is 33.9 Å². The van der Waals surface area contributed by atoms with Gasteiger partial charge in [-0.3, -0.25) is 0 Å². The van der Waals surface area contributed by atoms with Crippen LogP contribution in [0, 0.1) is 0 Å². The van der Waals surface area contributed by atoms with E-state index in [1.807, 2.05) is 43.3 Å². The Morgan fingerprint density at radius 1 is 0.969 bits per heavy atom. The number of hydrogen-bond donors (Lipinski definition) is 1. The first-order chi connectivity index (χ1) is 15.5. The molecule has 1 unspecified atom stereocenters. The van der Waals surface area contributed by atoms with Crippen molar-refractivity contribution in [3.05, 3.63) is 93.3 Å². The molecular formula is C26H28ClNO4. The van der Waals surface area contributed by atoms with Crippen LogP contribution in [-0.2, 0) is 25.5 Å². The summed E-state index contributed by atoms with van der Waals surface area (Å²) in [6, 6.07) is 17.4. The van der Waals surface area contributed by atoms with Crippen LogP contribution in [0.4, 0.5) is 0 Å². The lowest BCUT2D eigenvalue weighted by Gasteiger charge is -2.32. The number of rotatable bonds is 8. The van der Waals surface area contributed by atoms with E-state index < -0.39 is 17.9 Å². The molecule has 0 bridgehead atoms. The highest BCUT2D eigenvalue weighted by molar-refractivity contribution is 6.31. The number of methoxy groups -OCH3 is 1. The third kappa shape index (κ3) is 5.22. The average molecular weight is 454 g/mol. The molecule has 1 N–H and O–H groups in total. The second kappa shape index (κ2) is 11.0. The van der Waals surface area contributed by atoms with Gasteiger partial charge in [-0.25, -0.2) is 9.59 Å². The summed E-state index contributed by atoms with van der Waals surface area (Å²) >= 11 is 6.53. The quantitative estimate of drug-likeness (QED) is 0.548. The summed E-state index contributed by atoms with van der Waals surface area (Å²) in [6.07, 6.45) is 2.31. The Morgan fingerprint density at radius 2 is 1.66 bits per heavy atom. The number of carbonyl (C=O) groups excluding carboxylic acids is 2. The largest absolute Gasteiger partial charge is 0.466 e. The van der Waals surface area contributed by atoms with Crippen molar-refractivity contribution in [3.8, 4) is 0 Å². The van der Waals surface area contributed by atoms with E-state index in [9.17, 15) is 9.59 Å². The standard InChI is InChI=1S/C26H28ClNO4/c1-4-32-26(30)24-21(16-10-13-18-11-6-5-7-12-18)28-17(2)22(25(29)31-3)23(24)19-14-8-9-15-20(19)27/h5-9,11-12,14-15,23,28H,4,10,13,16H2,1-3H3. The molecule has 0 saturated carbocycles. The van der Waals surface area contributed by atoms with Crippen molar-refractivity contribution in [2.45, 2.75) is 39.0 Å². The van der Waals surface area contributed by atoms with E-state index >= 15 is 0 Å². The minimum Gasteiger partial charge on any atom is -0.466 e. The predicted molar refractivity (Wildman–Crippen MR) is 125 cm³/mol. The van der Waals surface area contributed by atoms with Gasteiger partial charge < -0.3 is 14.8 Å². The molecule has 0 aliphatic carbocycles. The molecule has 2 aromatic rings. The molecule has 1 aliphatic heterocycles. The van der Waals surface area contributed by atoms with Crippen molar-refractivity contribution in [1.29, 1.82) is 0 Å². The topological polar surface area (TPSA) is 64.6 Å². The lowest BCUT2D eigenvalue weighted by atomic mass is 9.79. The molecule has 0 fully saturated rings. The molecule has 3 rings (SSSR count). The van der Waals surface area contributed by atoms with Crippen LogP contribution in [0.5, 0.6) is 0 Å². The fourth-order valence-electron chi connectivity index (χ4n) is 4.06. The Balaban J connectivity index is 2.06. The van der Waals surface area contributed by atoms with E-state index in [1.54, 1.807) is 13.0 Å². The zero-order valence-corrected chi connectivity index (χ0v) is 19.4. The molecule has 0 aromatic heterocycles. The van der Waals surface area contributed by atoms with Gasteiger partial charge in [0.2, 0.25) is 0 Å². The average Bonchev–Trinajstić information content (AvgIpc) is 2.79. The van der Waals surface area contributed by atoms with Gasteiger partial charge in [0.1, 0.15) is 0 Å². The SMILES string of the molecule is CCOC(=O)C1=C(CCCc2ccccc2)NC(C)=C(C(=O)OC)C1c1ccccc1Cl. The maximum atomic E-state index is 13.2. The fourth-order valence-corrected chi connectivity index (χ4v) is 4.30. The van der Waals surface area contributed by atoms with Crippen LogP contribution >= 0.6 is 11.6 Å². The molecule has 1 heterocycles. The number of aryl methyl sites for hydroxylation is 1. The second-order valence-corrected chi connectivity index (χ2v) is 7.97. The van der Waals surface area contributed by atoms with Crippen LogP contribution in [0.25, 0.3) is 0 Å². The maximum Gasteiger partial charge on any atom is 0.336 e. The molecule has 5 nitrogen and oxygen atoms in total. The van der Waals surface area contributed by atoms with Crippen molar-refractivity contribution < 1.29 is 19.1 Å². The number of nitrogens with one attached hydrogen (secondary N) is 1. The number of benzene rings is 2. The maximum absolute atomic E-state index is 13.2.